The van der Waals surface area contributed by atoms with Gasteiger partial charge in [-0.15, -0.1) is 0 Å². The average Bonchev–Trinajstić information content (AvgIpc) is 2.68. The number of aromatic nitrogens is 2. The van der Waals surface area contributed by atoms with E-state index in [4.69, 9.17) is 0 Å². The van der Waals surface area contributed by atoms with Gasteiger partial charge in [0, 0.05) is 36.3 Å². The predicted molar refractivity (Wildman–Crippen MR) is 106 cm³/mol. The number of fused-ring (bicyclic) bond motifs is 1. The fourth-order valence-electron chi connectivity index (χ4n) is 3.89. The molecule has 1 amide bonds. The van der Waals surface area contributed by atoms with Crippen molar-refractivity contribution in [3.8, 4) is 0 Å². The van der Waals surface area contributed by atoms with Gasteiger partial charge >= 0.3 is 0 Å². The number of H-pyrrole nitrogens is 1. The maximum atomic E-state index is 12.6. The lowest BCUT2D eigenvalue weighted by atomic mass is 9.92. The Kier molecular flexibility index (Phi) is 4.75. The molecule has 0 atom stereocenters. The molecule has 1 N–H and O–H groups in total. The van der Waals surface area contributed by atoms with Gasteiger partial charge in [0.2, 0.25) is 5.91 Å². The topological polar surface area (TPSA) is 66.1 Å². The van der Waals surface area contributed by atoms with Gasteiger partial charge in [-0.2, -0.15) is 0 Å². The summed E-state index contributed by atoms with van der Waals surface area (Å²) in [5, 5.41) is 0.870. The van der Waals surface area contributed by atoms with E-state index in [0.717, 1.165) is 42.6 Å². The summed E-state index contributed by atoms with van der Waals surface area (Å²) in [7, 11) is 0. The van der Waals surface area contributed by atoms with Crippen molar-refractivity contribution in [1.82, 2.24) is 14.9 Å². The van der Waals surface area contributed by atoms with Crippen molar-refractivity contribution in [3.63, 3.8) is 0 Å². The third kappa shape index (κ3) is 3.77. The van der Waals surface area contributed by atoms with E-state index in [0.29, 0.717) is 11.9 Å². The molecule has 5 nitrogen and oxygen atoms in total. The van der Waals surface area contributed by atoms with Gasteiger partial charge in [-0.3, -0.25) is 14.6 Å². The normalized spacial score (nSPS) is 15.2. The number of nitrogens with zero attached hydrogens (tertiary/aromatic N) is 2. The highest BCUT2D eigenvalue weighted by Crippen LogP contribution is 2.27. The Morgan fingerprint density at radius 3 is 2.78 bits per heavy atom. The molecule has 3 heterocycles. The molecule has 1 saturated heterocycles. The number of carbonyl (C=O) groups excluding carboxylic acids is 1. The van der Waals surface area contributed by atoms with Gasteiger partial charge in [-0.05, 0) is 37.5 Å². The van der Waals surface area contributed by atoms with Crippen LogP contribution in [0.3, 0.4) is 0 Å². The smallest absolute Gasteiger partial charge is 0.274 e. The molecule has 0 spiro atoms. The average molecular weight is 361 g/mol. The fraction of sp³-hybridized carbons (Fsp3) is 0.318. The van der Waals surface area contributed by atoms with Crippen LogP contribution in [0.25, 0.3) is 10.9 Å². The predicted octanol–water partition coefficient (Wildman–Crippen LogP) is 3.18. The molecule has 0 aliphatic carbocycles. The highest BCUT2D eigenvalue weighted by atomic mass is 16.2. The highest BCUT2D eigenvalue weighted by molar-refractivity contribution is 5.79. The van der Waals surface area contributed by atoms with Gasteiger partial charge in [-0.1, -0.05) is 35.9 Å². The summed E-state index contributed by atoms with van der Waals surface area (Å²) < 4.78 is 0. The second kappa shape index (κ2) is 7.35. The Labute approximate surface area is 158 Å². The van der Waals surface area contributed by atoms with Gasteiger partial charge in [0.15, 0.2) is 0 Å². The zero-order valence-electron chi connectivity index (χ0n) is 15.4. The lowest BCUT2D eigenvalue weighted by Gasteiger charge is -2.32. The zero-order chi connectivity index (χ0) is 18.8. The van der Waals surface area contributed by atoms with E-state index >= 15 is 0 Å². The Morgan fingerprint density at radius 1 is 1.19 bits per heavy atom. The molecule has 1 fully saturated rings. The van der Waals surface area contributed by atoms with Crippen LogP contribution in [0.5, 0.6) is 0 Å². The van der Waals surface area contributed by atoms with Crippen molar-refractivity contribution in [1.29, 1.82) is 0 Å². The molecule has 138 valence electrons. The first-order chi connectivity index (χ1) is 13.1. The Hall–Kier alpha value is -2.95. The summed E-state index contributed by atoms with van der Waals surface area (Å²) in [6.07, 6.45) is 3.81. The molecule has 1 aliphatic heterocycles. The molecule has 0 bridgehead atoms. The fourth-order valence-corrected chi connectivity index (χ4v) is 3.89. The van der Waals surface area contributed by atoms with Gasteiger partial charge in [0.05, 0.1) is 6.42 Å². The molecule has 5 heteroatoms. The maximum absolute atomic E-state index is 12.6. The van der Waals surface area contributed by atoms with E-state index in [1.807, 2.05) is 48.2 Å². The monoisotopic (exact) mass is 361 g/mol. The van der Waals surface area contributed by atoms with Crippen LogP contribution in [0, 0.1) is 6.92 Å². The quantitative estimate of drug-likeness (QED) is 0.779. The molecule has 4 rings (SSSR count). The van der Waals surface area contributed by atoms with Crippen LogP contribution in [-0.2, 0) is 11.2 Å². The highest BCUT2D eigenvalue weighted by Gasteiger charge is 2.24. The zero-order valence-corrected chi connectivity index (χ0v) is 15.4. The first-order valence-electron chi connectivity index (χ1n) is 9.41. The third-order valence-corrected chi connectivity index (χ3v) is 5.35. The second-order valence-corrected chi connectivity index (χ2v) is 7.32. The molecule has 1 aromatic carbocycles. The van der Waals surface area contributed by atoms with Crippen LogP contribution in [0.15, 0.2) is 53.5 Å². The van der Waals surface area contributed by atoms with Crippen molar-refractivity contribution in [2.45, 2.75) is 32.1 Å². The van der Waals surface area contributed by atoms with Crippen molar-refractivity contribution < 1.29 is 4.79 Å². The van der Waals surface area contributed by atoms with Gasteiger partial charge in [0.25, 0.3) is 5.56 Å². The number of benzene rings is 1. The number of hydrogen-bond acceptors (Lipinski definition) is 3. The first kappa shape index (κ1) is 17.5. The van der Waals surface area contributed by atoms with E-state index in [-0.39, 0.29) is 17.4 Å². The van der Waals surface area contributed by atoms with E-state index < -0.39 is 0 Å². The minimum Gasteiger partial charge on any atom is -0.342 e. The van der Waals surface area contributed by atoms with Crippen LogP contribution in [0.1, 0.15) is 35.6 Å². The van der Waals surface area contributed by atoms with Gasteiger partial charge < -0.3 is 9.88 Å². The number of pyridine rings is 2. The number of nitrogens with one attached hydrogen (secondary N) is 1. The number of aryl methyl sites for hydroxylation is 1. The van der Waals surface area contributed by atoms with Crippen molar-refractivity contribution >= 4 is 16.8 Å². The number of hydrogen-bond donors (Lipinski definition) is 1. The van der Waals surface area contributed by atoms with Crippen LogP contribution >= 0.6 is 0 Å². The summed E-state index contributed by atoms with van der Waals surface area (Å²) in [6.45, 7) is 3.49. The summed E-state index contributed by atoms with van der Waals surface area (Å²) in [5.41, 5.74) is 3.53. The lowest BCUT2D eigenvalue weighted by Crippen LogP contribution is -2.39. The van der Waals surface area contributed by atoms with Crippen molar-refractivity contribution in [2.75, 3.05) is 13.1 Å². The molecule has 27 heavy (non-hydrogen) atoms. The summed E-state index contributed by atoms with van der Waals surface area (Å²) in [5.74, 6) is 0.445. The molecular formula is C22H23N3O2. The SMILES string of the molecule is Cc1cccc(CC(=O)N2CCC(c3cc4cccnc4c(=O)[nH]3)CC2)c1. The molecule has 3 aromatic rings. The Morgan fingerprint density at radius 2 is 2.00 bits per heavy atom. The van der Waals surface area contributed by atoms with Crippen LogP contribution in [0.4, 0.5) is 0 Å². The number of rotatable bonds is 3. The number of likely N-dealkylation sites (tertiary alicyclic amines) is 1. The third-order valence-electron chi connectivity index (χ3n) is 5.35. The van der Waals surface area contributed by atoms with Crippen LogP contribution < -0.4 is 5.56 Å². The van der Waals surface area contributed by atoms with Crippen LogP contribution in [0.2, 0.25) is 0 Å². The van der Waals surface area contributed by atoms with Gasteiger partial charge in [0.1, 0.15) is 5.52 Å². The van der Waals surface area contributed by atoms with E-state index in [2.05, 4.69) is 16.0 Å². The standard InChI is InChI=1S/C22H23N3O2/c1-15-4-2-5-16(12-15)13-20(26)25-10-7-17(8-11-25)19-14-18-6-3-9-23-21(18)22(27)24-19/h2-6,9,12,14,17H,7-8,10-11,13H2,1H3,(H,24,27). The summed E-state index contributed by atoms with van der Waals surface area (Å²) in [6, 6.07) is 13.9. The summed E-state index contributed by atoms with van der Waals surface area (Å²) in [4.78, 5) is 34.0. The second-order valence-electron chi connectivity index (χ2n) is 7.32. The van der Waals surface area contributed by atoms with Crippen molar-refractivity contribution in [2.24, 2.45) is 0 Å². The minimum atomic E-state index is -0.138. The molecule has 2 aromatic heterocycles. The number of carbonyl (C=O) groups is 1. The molecule has 0 unspecified atom stereocenters. The molecule has 0 saturated carbocycles. The Bertz CT molecular complexity index is 1030. The lowest BCUT2D eigenvalue weighted by molar-refractivity contribution is -0.131. The van der Waals surface area contributed by atoms with E-state index in [1.165, 1.54) is 5.56 Å². The number of aromatic amines is 1. The largest absolute Gasteiger partial charge is 0.342 e. The first-order valence-corrected chi connectivity index (χ1v) is 9.41. The Balaban J connectivity index is 1.43. The van der Waals surface area contributed by atoms with Crippen LogP contribution in [-0.4, -0.2) is 33.9 Å². The molecule has 0 radical (unpaired) electrons. The number of amides is 1. The molecule has 1 aliphatic rings. The minimum absolute atomic E-state index is 0.138. The van der Waals surface area contributed by atoms with E-state index in [1.54, 1.807) is 6.20 Å². The molecular weight excluding hydrogens is 338 g/mol. The van der Waals surface area contributed by atoms with E-state index in [9.17, 15) is 9.59 Å². The summed E-state index contributed by atoms with van der Waals surface area (Å²) >= 11 is 0. The van der Waals surface area contributed by atoms with Gasteiger partial charge in [-0.25, -0.2) is 0 Å². The maximum Gasteiger partial charge on any atom is 0.274 e. The van der Waals surface area contributed by atoms with Crippen molar-refractivity contribution in [3.05, 3.63) is 75.8 Å². The number of piperidine rings is 1.